The highest BCUT2D eigenvalue weighted by Crippen LogP contribution is 2.23. The first-order valence-electron chi connectivity index (χ1n) is 4.70. The van der Waals surface area contributed by atoms with Crippen molar-refractivity contribution in [2.24, 2.45) is 0 Å². The van der Waals surface area contributed by atoms with E-state index in [0.717, 1.165) is 0 Å². The minimum Gasteiger partial charge on any atom is -0.105 e. The molecule has 0 aliphatic heterocycles. The summed E-state index contributed by atoms with van der Waals surface area (Å²) in [6.45, 7) is 4.52. The Morgan fingerprint density at radius 1 is 1.46 bits per heavy atom. The second-order valence-electron chi connectivity index (χ2n) is 3.46. The Morgan fingerprint density at radius 3 is 2.77 bits per heavy atom. The topological polar surface area (TPSA) is 0 Å². The second kappa shape index (κ2) is 5.12. The van der Waals surface area contributed by atoms with Gasteiger partial charge in [0.2, 0.25) is 0 Å². The van der Waals surface area contributed by atoms with Crippen molar-refractivity contribution in [3.63, 3.8) is 0 Å². The Bertz CT molecular complexity index is 283. The van der Waals surface area contributed by atoms with Crippen LogP contribution in [0.5, 0.6) is 0 Å². The van der Waals surface area contributed by atoms with Crippen LogP contribution in [-0.2, 0) is 0 Å². The third kappa shape index (κ3) is 3.07. The molecule has 0 saturated heterocycles. The standard InChI is InChI=1S/C11H16BrP/c1-3-4-8(2)10-7-9(12)5-6-11(10)13/h5-8H,3-4,13H2,1-2H3. The molecule has 2 heteroatoms. The van der Waals surface area contributed by atoms with Crippen molar-refractivity contribution in [2.75, 3.05) is 0 Å². The predicted molar refractivity (Wildman–Crippen MR) is 66.8 cm³/mol. The summed E-state index contributed by atoms with van der Waals surface area (Å²) >= 11 is 3.51. The maximum absolute atomic E-state index is 3.51. The van der Waals surface area contributed by atoms with Crippen LogP contribution in [0.2, 0.25) is 0 Å². The van der Waals surface area contributed by atoms with Gasteiger partial charge in [0.05, 0.1) is 0 Å². The highest BCUT2D eigenvalue weighted by atomic mass is 79.9. The average Bonchev–Trinajstić information content (AvgIpc) is 2.09. The largest absolute Gasteiger partial charge is 0.105 e. The van der Waals surface area contributed by atoms with Gasteiger partial charge in [-0.15, -0.1) is 9.24 Å². The molecule has 0 fully saturated rings. The lowest BCUT2D eigenvalue weighted by Crippen LogP contribution is -2.05. The van der Waals surface area contributed by atoms with Crippen LogP contribution in [0.15, 0.2) is 22.7 Å². The zero-order valence-electron chi connectivity index (χ0n) is 8.18. The molecule has 0 spiro atoms. The molecule has 0 amide bonds. The molecule has 2 atom stereocenters. The van der Waals surface area contributed by atoms with Gasteiger partial charge in [-0.2, -0.15) is 0 Å². The fourth-order valence-electron chi connectivity index (χ4n) is 1.56. The lowest BCUT2D eigenvalue weighted by atomic mass is 9.97. The van der Waals surface area contributed by atoms with Crippen LogP contribution in [0.25, 0.3) is 0 Å². The zero-order valence-corrected chi connectivity index (χ0v) is 10.9. The van der Waals surface area contributed by atoms with E-state index in [9.17, 15) is 0 Å². The van der Waals surface area contributed by atoms with Crippen molar-refractivity contribution in [2.45, 2.75) is 32.6 Å². The Labute approximate surface area is 91.5 Å². The monoisotopic (exact) mass is 258 g/mol. The second-order valence-corrected chi connectivity index (χ2v) is 5.00. The molecule has 0 bridgehead atoms. The van der Waals surface area contributed by atoms with Gasteiger partial charge in [-0.25, -0.2) is 0 Å². The zero-order chi connectivity index (χ0) is 9.84. The predicted octanol–water partition coefficient (Wildman–Crippen LogP) is 3.85. The van der Waals surface area contributed by atoms with Crippen LogP contribution < -0.4 is 5.30 Å². The van der Waals surface area contributed by atoms with Gasteiger partial charge < -0.3 is 0 Å². The summed E-state index contributed by atoms with van der Waals surface area (Å²) in [6, 6.07) is 6.46. The van der Waals surface area contributed by atoms with Crippen LogP contribution in [0, 0.1) is 0 Å². The Hall–Kier alpha value is 0.130. The van der Waals surface area contributed by atoms with Crippen LogP contribution in [0.3, 0.4) is 0 Å². The first kappa shape index (κ1) is 11.2. The Kier molecular flexibility index (Phi) is 4.41. The van der Waals surface area contributed by atoms with E-state index in [2.05, 4.69) is 57.2 Å². The molecule has 0 aliphatic rings. The van der Waals surface area contributed by atoms with Gasteiger partial charge in [-0.05, 0) is 35.3 Å². The summed E-state index contributed by atoms with van der Waals surface area (Å²) in [4.78, 5) is 0. The van der Waals surface area contributed by atoms with Crippen LogP contribution in [0.1, 0.15) is 38.2 Å². The summed E-state index contributed by atoms with van der Waals surface area (Å²) in [6.07, 6.45) is 2.51. The molecule has 0 N–H and O–H groups in total. The molecule has 0 aromatic heterocycles. The lowest BCUT2D eigenvalue weighted by Gasteiger charge is -2.13. The third-order valence-electron chi connectivity index (χ3n) is 2.30. The fraction of sp³-hybridized carbons (Fsp3) is 0.455. The molecule has 1 aromatic carbocycles. The summed E-state index contributed by atoms with van der Waals surface area (Å²) in [7, 11) is 2.81. The van der Waals surface area contributed by atoms with E-state index in [1.165, 1.54) is 28.2 Å². The number of halogens is 1. The highest BCUT2D eigenvalue weighted by Gasteiger charge is 2.07. The molecular weight excluding hydrogens is 243 g/mol. The van der Waals surface area contributed by atoms with Crippen molar-refractivity contribution >= 4 is 30.5 Å². The first-order valence-corrected chi connectivity index (χ1v) is 6.07. The fourth-order valence-corrected chi connectivity index (χ4v) is 2.40. The van der Waals surface area contributed by atoms with Gasteiger partial charge in [0.15, 0.2) is 0 Å². The van der Waals surface area contributed by atoms with Crippen molar-refractivity contribution in [3.8, 4) is 0 Å². The van der Waals surface area contributed by atoms with Gasteiger partial charge in [-0.1, -0.05) is 42.3 Å². The minimum absolute atomic E-state index is 0.662. The van der Waals surface area contributed by atoms with Crippen LogP contribution in [0.4, 0.5) is 0 Å². The Balaban J connectivity index is 2.91. The van der Waals surface area contributed by atoms with E-state index in [-0.39, 0.29) is 0 Å². The minimum atomic E-state index is 0.662. The smallest absolute Gasteiger partial charge is 0.0178 e. The molecule has 0 radical (unpaired) electrons. The van der Waals surface area contributed by atoms with Crippen LogP contribution in [-0.4, -0.2) is 0 Å². The summed E-state index contributed by atoms with van der Waals surface area (Å²) in [5.41, 5.74) is 1.45. The van der Waals surface area contributed by atoms with Crippen molar-refractivity contribution in [1.29, 1.82) is 0 Å². The number of benzene rings is 1. The number of hydrogen-bond donors (Lipinski definition) is 0. The van der Waals surface area contributed by atoms with E-state index >= 15 is 0 Å². The van der Waals surface area contributed by atoms with E-state index < -0.39 is 0 Å². The van der Waals surface area contributed by atoms with E-state index in [1.807, 2.05) is 0 Å². The lowest BCUT2D eigenvalue weighted by molar-refractivity contribution is 0.668. The summed E-state index contributed by atoms with van der Waals surface area (Å²) < 4.78 is 1.18. The first-order chi connectivity index (χ1) is 6.15. The molecule has 1 rings (SSSR count). The van der Waals surface area contributed by atoms with E-state index in [4.69, 9.17) is 0 Å². The maximum atomic E-state index is 3.51. The van der Waals surface area contributed by atoms with Crippen molar-refractivity contribution < 1.29 is 0 Å². The van der Waals surface area contributed by atoms with Gasteiger partial charge >= 0.3 is 0 Å². The molecule has 0 aliphatic carbocycles. The van der Waals surface area contributed by atoms with Crippen molar-refractivity contribution in [1.82, 2.24) is 0 Å². The third-order valence-corrected chi connectivity index (χ3v) is 3.32. The molecule has 0 saturated carbocycles. The molecule has 72 valence electrons. The van der Waals surface area contributed by atoms with E-state index in [1.54, 1.807) is 0 Å². The van der Waals surface area contributed by atoms with Gasteiger partial charge in [0.1, 0.15) is 0 Å². The highest BCUT2D eigenvalue weighted by molar-refractivity contribution is 9.10. The summed E-state index contributed by atoms with van der Waals surface area (Å²) in [5, 5.41) is 1.32. The number of rotatable bonds is 3. The SMILES string of the molecule is CCCC(C)c1cc(Br)ccc1P. The molecule has 13 heavy (non-hydrogen) atoms. The quantitative estimate of drug-likeness (QED) is 0.723. The average molecular weight is 259 g/mol. The van der Waals surface area contributed by atoms with Crippen molar-refractivity contribution in [3.05, 3.63) is 28.2 Å². The normalized spacial score (nSPS) is 12.9. The van der Waals surface area contributed by atoms with E-state index in [0.29, 0.717) is 5.92 Å². The van der Waals surface area contributed by atoms with Gasteiger partial charge in [-0.3, -0.25) is 0 Å². The molecular formula is C11H16BrP. The molecule has 0 nitrogen and oxygen atoms in total. The van der Waals surface area contributed by atoms with Gasteiger partial charge in [0.25, 0.3) is 0 Å². The molecule has 2 unspecified atom stereocenters. The van der Waals surface area contributed by atoms with Crippen LogP contribution >= 0.6 is 25.2 Å². The maximum Gasteiger partial charge on any atom is 0.0178 e. The molecule has 1 aromatic rings. The number of hydrogen-bond acceptors (Lipinski definition) is 0. The summed E-state index contributed by atoms with van der Waals surface area (Å²) in [5.74, 6) is 0.662. The van der Waals surface area contributed by atoms with Gasteiger partial charge in [0, 0.05) is 4.47 Å². The Morgan fingerprint density at radius 2 is 2.15 bits per heavy atom. The molecule has 0 heterocycles.